The van der Waals surface area contributed by atoms with E-state index in [1.54, 1.807) is 11.3 Å². The number of carbonyl (C=O) groups excluding carboxylic acids is 1. The van der Waals surface area contributed by atoms with Gasteiger partial charge in [0.05, 0.1) is 4.88 Å². The van der Waals surface area contributed by atoms with Crippen LogP contribution in [-0.4, -0.2) is 29.2 Å². The van der Waals surface area contributed by atoms with Gasteiger partial charge in [0, 0.05) is 24.7 Å². The van der Waals surface area contributed by atoms with E-state index in [-0.39, 0.29) is 11.8 Å². The molecule has 5 nitrogen and oxygen atoms in total. The highest BCUT2D eigenvalue weighted by molar-refractivity contribution is 7.13. The van der Waals surface area contributed by atoms with Crippen LogP contribution in [-0.2, 0) is 4.79 Å². The van der Waals surface area contributed by atoms with Crippen molar-refractivity contribution >= 4 is 28.7 Å². The minimum atomic E-state index is 0.0366. The summed E-state index contributed by atoms with van der Waals surface area (Å²) in [7, 11) is 0. The van der Waals surface area contributed by atoms with Crippen LogP contribution < -0.4 is 10.2 Å². The summed E-state index contributed by atoms with van der Waals surface area (Å²) in [5.41, 5.74) is 4.07. The average Bonchev–Trinajstić information content (AvgIpc) is 3.26. The van der Waals surface area contributed by atoms with E-state index in [1.807, 2.05) is 49.6 Å². The Morgan fingerprint density at radius 3 is 2.61 bits per heavy atom. The van der Waals surface area contributed by atoms with Crippen LogP contribution in [0.15, 0.2) is 47.8 Å². The van der Waals surface area contributed by atoms with E-state index in [0.29, 0.717) is 0 Å². The molecule has 1 aromatic carbocycles. The van der Waals surface area contributed by atoms with Gasteiger partial charge in [-0.25, -0.2) is 0 Å². The molecule has 0 atom stereocenters. The van der Waals surface area contributed by atoms with Gasteiger partial charge in [-0.2, -0.15) is 0 Å². The standard InChI is InChI=1S/C22H24N4OS/c1-15-5-6-16(2)19(14-15)23-22(27)17-9-11-26(12-10-17)21-8-7-18(24-25-21)20-4-3-13-28-20/h3-8,13-14,17H,9-12H2,1-2H3,(H,23,27). The molecule has 0 spiro atoms. The fourth-order valence-electron chi connectivity index (χ4n) is 3.53. The van der Waals surface area contributed by atoms with Crippen LogP contribution in [0, 0.1) is 19.8 Å². The first-order valence-electron chi connectivity index (χ1n) is 9.61. The third kappa shape index (κ3) is 4.07. The highest BCUT2D eigenvalue weighted by Gasteiger charge is 2.26. The smallest absolute Gasteiger partial charge is 0.227 e. The predicted octanol–water partition coefficient (Wildman–Crippen LogP) is 4.68. The van der Waals surface area contributed by atoms with Crippen LogP contribution in [0.1, 0.15) is 24.0 Å². The highest BCUT2D eigenvalue weighted by Crippen LogP contribution is 2.26. The normalized spacial score (nSPS) is 14.9. The number of carbonyl (C=O) groups is 1. The first-order chi connectivity index (χ1) is 13.6. The molecule has 0 aliphatic carbocycles. The largest absolute Gasteiger partial charge is 0.355 e. The first-order valence-corrected chi connectivity index (χ1v) is 10.5. The van der Waals surface area contributed by atoms with E-state index in [4.69, 9.17) is 0 Å². The lowest BCUT2D eigenvalue weighted by Crippen LogP contribution is -2.38. The summed E-state index contributed by atoms with van der Waals surface area (Å²) < 4.78 is 0. The lowest BCUT2D eigenvalue weighted by molar-refractivity contribution is -0.120. The molecule has 144 valence electrons. The summed E-state index contributed by atoms with van der Waals surface area (Å²) in [6.07, 6.45) is 1.65. The van der Waals surface area contributed by atoms with Gasteiger partial charge < -0.3 is 10.2 Å². The van der Waals surface area contributed by atoms with Crippen LogP contribution in [0.25, 0.3) is 10.6 Å². The van der Waals surface area contributed by atoms with Crippen molar-refractivity contribution in [1.29, 1.82) is 0 Å². The molecule has 0 unspecified atom stereocenters. The minimum absolute atomic E-state index is 0.0366. The number of amides is 1. The summed E-state index contributed by atoms with van der Waals surface area (Å²) in [5, 5.41) is 13.9. The second kappa shape index (κ2) is 8.10. The van der Waals surface area contributed by atoms with Crippen molar-refractivity contribution in [1.82, 2.24) is 10.2 Å². The Hall–Kier alpha value is -2.73. The van der Waals surface area contributed by atoms with Crippen molar-refractivity contribution < 1.29 is 4.79 Å². The molecule has 1 N–H and O–H groups in total. The third-order valence-electron chi connectivity index (χ3n) is 5.26. The lowest BCUT2D eigenvalue weighted by atomic mass is 9.95. The Morgan fingerprint density at radius 2 is 1.93 bits per heavy atom. The number of aromatic nitrogens is 2. The second-order valence-electron chi connectivity index (χ2n) is 7.32. The molecular formula is C22H24N4OS. The Morgan fingerprint density at radius 1 is 1.11 bits per heavy atom. The average molecular weight is 393 g/mol. The summed E-state index contributed by atoms with van der Waals surface area (Å²) in [6.45, 7) is 5.70. The summed E-state index contributed by atoms with van der Waals surface area (Å²) in [5.74, 6) is 1.04. The van der Waals surface area contributed by atoms with Gasteiger partial charge in [0.2, 0.25) is 5.91 Å². The van der Waals surface area contributed by atoms with Gasteiger partial charge in [0.15, 0.2) is 5.82 Å². The predicted molar refractivity (Wildman–Crippen MR) is 115 cm³/mol. The monoisotopic (exact) mass is 392 g/mol. The van der Waals surface area contributed by atoms with Crippen LogP contribution in [0.5, 0.6) is 0 Å². The molecule has 2 aromatic heterocycles. The van der Waals surface area contributed by atoms with Gasteiger partial charge in [-0.15, -0.1) is 21.5 Å². The number of hydrogen-bond acceptors (Lipinski definition) is 5. The highest BCUT2D eigenvalue weighted by atomic mass is 32.1. The number of thiophene rings is 1. The molecule has 1 aliphatic heterocycles. The Kier molecular flexibility index (Phi) is 5.39. The molecule has 3 aromatic rings. The van der Waals surface area contributed by atoms with Crippen molar-refractivity contribution in [3.05, 3.63) is 59.0 Å². The van der Waals surface area contributed by atoms with E-state index in [0.717, 1.165) is 59.1 Å². The summed E-state index contributed by atoms with van der Waals surface area (Å²) in [4.78, 5) is 16.0. The number of hydrogen-bond donors (Lipinski definition) is 1. The third-order valence-corrected chi connectivity index (χ3v) is 6.16. The maximum absolute atomic E-state index is 12.7. The molecule has 0 radical (unpaired) electrons. The fourth-order valence-corrected chi connectivity index (χ4v) is 4.22. The van der Waals surface area contributed by atoms with Gasteiger partial charge in [-0.05, 0) is 67.5 Å². The number of piperidine rings is 1. The maximum Gasteiger partial charge on any atom is 0.227 e. The molecule has 1 aliphatic rings. The SMILES string of the molecule is Cc1ccc(C)c(NC(=O)C2CCN(c3ccc(-c4cccs4)nn3)CC2)c1. The number of nitrogens with zero attached hydrogens (tertiary/aromatic N) is 3. The molecule has 0 bridgehead atoms. The second-order valence-corrected chi connectivity index (χ2v) is 8.27. The molecule has 28 heavy (non-hydrogen) atoms. The number of benzene rings is 1. The number of aryl methyl sites for hydroxylation is 2. The molecule has 0 saturated carbocycles. The minimum Gasteiger partial charge on any atom is -0.355 e. The Balaban J connectivity index is 1.35. The van der Waals surface area contributed by atoms with Gasteiger partial charge in [0.25, 0.3) is 0 Å². The molecular weight excluding hydrogens is 368 g/mol. The molecule has 6 heteroatoms. The molecule has 4 rings (SSSR count). The van der Waals surface area contributed by atoms with E-state index >= 15 is 0 Å². The van der Waals surface area contributed by atoms with E-state index in [9.17, 15) is 4.79 Å². The van der Waals surface area contributed by atoms with E-state index in [2.05, 4.69) is 32.5 Å². The Bertz CT molecular complexity index is 945. The summed E-state index contributed by atoms with van der Waals surface area (Å²) >= 11 is 1.66. The van der Waals surface area contributed by atoms with Crippen LogP contribution in [0.3, 0.4) is 0 Å². The molecule has 1 amide bonds. The van der Waals surface area contributed by atoms with Crippen molar-refractivity contribution in [2.45, 2.75) is 26.7 Å². The zero-order chi connectivity index (χ0) is 19.5. The fraction of sp³-hybridized carbons (Fsp3) is 0.318. The number of nitrogens with one attached hydrogen (secondary N) is 1. The zero-order valence-corrected chi connectivity index (χ0v) is 17.0. The van der Waals surface area contributed by atoms with Gasteiger partial charge in [0.1, 0.15) is 5.69 Å². The lowest BCUT2D eigenvalue weighted by Gasteiger charge is -2.32. The van der Waals surface area contributed by atoms with Gasteiger partial charge >= 0.3 is 0 Å². The van der Waals surface area contributed by atoms with Crippen molar-refractivity contribution in [3.8, 4) is 10.6 Å². The Labute approximate surface area is 169 Å². The topological polar surface area (TPSA) is 58.1 Å². The quantitative estimate of drug-likeness (QED) is 0.701. The van der Waals surface area contributed by atoms with Crippen LogP contribution in [0.2, 0.25) is 0 Å². The number of rotatable bonds is 4. The number of anilines is 2. The van der Waals surface area contributed by atoms with Gasteiger partial charge in [-0.1, -0.05) is 18.2 Å². The molecule has 1 saturated heterocycles. The van der Waals surface area contributed by atoms with Crippen LogP contribution >= 0.6 is 11.3 Å². The zero-order valence-electron chi connectivity index (χ0n) is 16.2. The van der Waals surface area contributed by atoms with Crippen molar-refractivity contribution in [2.75, 3.05) is 23.3 Å². The summed E-state index contributed by atoms with van der Waals surface area (Å²) in [6, 6.07) is 14.3. The van der Waals surface area contributed by atoms with E-state index < -0.39 is 0 Å². The molecule has 1 fully saturated rings. The van der Waals surface area contributed by atoms with Crippen molar-refractivity contribution in [2.24, 2.45) is 5.92 Å². The molecule has 3 heterocycles. The van der Waals surface area contributed by atoms with Crippen LogP contribution in [0.4, 0.5) is 11.5 Å². The maximum atomic E-state index is 12.7. The van der Waals surface area contributed by atoms with Crippen molar-refractivity contribution in [3.63, 3.8) is 0 Å². The first kappa shape index (κ1) is 18.6. The van der Waals surface area contributed by atoms with E-state index in [1.165, 1.54) is 0 Å². The van der Waals surface area contributed by atoms with Gasteiger partial charge in [-0.3, -0.25) is 4.79 Å².